The molecule has 168 valence electrons. The molecule has 4 N–H and O–H groups in total. The van der Waals surface area contributed by atoms with Crippen LogP contribution in [0.3, 0.4) is 0 Å². The van der Waals surface area contributed by atoms with Crippen LogP contribution in [0.5, 0.6) is 0 Å². The van der Waals surface area contributed by atoms with E-state index < -0.39 is 43.9 Å². The molecule has 0 aromatic heterocycles. The van der Waals surface area contributed by atoms with Crippen molar-refractivity contribution in [1.29, 1.82) is 0 Å². The lowest BCUT2D eigenvalue weighted by Crippen LogP contribution is -2.54. The van der Waals surface area contributed by atoms with Gasteiger partial charge in [-0.2, -0.15) is 0 Å². The van der Waals surface area contributed by atoms with Crippen molar-refractivity contribution >= 4 is 26.0 Å². The van der Waals surface area contributed by atoms with Gasteiger partial charge in [-0.1, -0.05) is 32.9 Å². The van der Waals surface area contributed by atoms with Crippen molar-refractivity contribution < 1.29 is 23.2 Å². The van der Waals surface area contributed by atoms with Gasteiger partial charge in [0, 0.05) is 20.0 Å². The van der Waals surface area contributed by atoms with Crippen LogP contribution in [0.1, 0.15) is 39.7 Å². The molecule has 0 aliphatic rings. The molecule has 0 aliphatic heterocycles. The topological polar surface area (TPSA) is 111 Å². The second-order valence-electron chi connectivity index (χ2n) is 8.94. The lowest BCUT2D eigenvalue weighted by molar-refractivity contribution is -0.131. The zero-order valence-corrected chi connectivity index (χ0v) is 19.7. The summed E-state index contributed by atoms with van der Waals surface area (Å²) in [7, 11) is -2.00. The second kappa shape index (κ2) is 10.7. The minimum absolute atomic E-state index is 0.0180. The van der Waals surface area contributed by atoms with Crippen LogP contribution in [0.15, 0.2) is 24.3 Å². The van der Waals surface area contributed by atoms with Gasteiger partial charge >= 0.3 is 0 Å². The van der Waals surface area contributed by atoms with E-state index in [2.05, 4.69) is 44.5 Å². The molecule has 7 nitrogen and oxygen atoms in total. The predicted octanol–water partition coefficient (Wildman–Crippen LogP) is 2.25. The van der Waals surface area contributed by atoms with E-state index in [1.807, 2.05) is 0 Å². The van der Waals surface area contributed by atoms with E-state index in [4.69, 9.17) is 10.2 Å². The van der Waals surface area contributed by atoms with Crippen LogP contribution in [0.2, 0.25) is 18.1 Å². The highest BCUT2D eigenvalue weighted by atomic mass is 28.4. The van der Waals surface area contributed by atoms with Gasteiger partial charge in [-0.15, -0.1) is 0 Å². The molecule has 1 aromatic carbocycles. The molecule has 0 saturated carbocycles. The van der Waals surface area contributed by atoms with Crippen molar-refractivity contribution in [2.24, 2.45) is 5.73 Å². The molecule has 0 fully saturated rings. The summed E-state index contributed by atoms with van der Waals surface area (Å²) >= 11 is 0. The minimum Gasteiger partial charge on any atom is -0.417 e. The molecule has 0 heterocycles. The normalized spacial score (nSPS) is 14.0. The van der Waals surface area contributed by atoms with Crippen molar-refractivity contribution in [2.75, 3.05) is 6.61 Å². The molecule has 0 unspecified atom stereocenters. The van der Waals surface area contributed by atoms with Gasteiger partial charge in [0.25, 0.3) is 0 Å². The summed E-state index contributed by atoms with van der Waals surface area (Å²) in [6.45, 7) is 12.1. The Bertz CT molecular complexity index is 748. The number of amides is 3. The first-order chi connectivity index (χ1) is 13.7. The van der Waals surface area contributed by atoms with E-state index in [-0.39, 0.29) is 24.5 Å². The Kier molecular flexibility index (Phi) is 9.17. The third-order valence-corrected chi connectivity index (χ3v) is 9.92. The quantitative estimate of drug-likeness (QED) is 0.486. The Labute approximate surface area is 179 Å². The third kappa shape index (κ3) is 8.23. The van der Waals surface area contributed by atoms with E-state index in [1.54, 1.807) is 0 Å². The summed E-state index contributed by atoms with van der Waals surface area (Å²) in [6, 6.07) is 3.79. The maximum atomic E-state index is 13.1. The molecule has 2 atom stereocenters. The molecule has 0 saturated heterocycles. The molecule has 0 spiro atoms. The van der Waals surface area contributed by atoms with Crippen LogP contribution < -0.4 is 16.4 Å². The fourth-order valence-corrected chi connectivity index (χ4v) is 3.58. The third-order valence-electron chi connectivity index (χ3n) is 5.38. The first-order valence-electron chi connectivity index (χ1n) is 9.98. The number of nitrogens with one attached hydrogen (secondary N) is 2. The number of hydrogen-bond acceptors (Lipinski definition) is 4. The SMILES string of the molecule is CC(=O)N[C@H](Cc1ccc(F)cc1)C(=O)N[C@@H](CCO[Si](C)(C)C(C)(C)C)C(N)=O. The highest BCUT2D eigenvalue weighted by molar-refractivity contribution is 6.74. The number of halogens is 1. The number of benzene rings is 1. The van der Waals surface area contributed by atoms with Gasteiger partial charge in [-0.05, 0) is 42.2 Å². The Morgan fingerprint density at radius 3 is 2.13 bits per heavy atom. The molecule has 1 rings (SSSR count). The maximum Gasteiger partial charge on any atom is 0.243 e. The highest BCUT2D eigenvalue weighted by Gasteiger charge is 2.37. The van der Waals surface area contributed by atoms with Gasteiger partial charge in [-0.25, -0.2) is 4.39 Å². The number of primary amides is 1. The number of carbonyl (C=O) groups is 3. The monoisotopic (exact) mass is 439 g/mol. The van der Waals surface area contributed by atoms with Gasteiger partial charge in [0.1, 0.15) is 17.9 Å². The zero-order chi connectivity index (χ0) is 23.1. The average molecular weight is 440 g/mol. The van der Waals surface area contributed by atoms with Crippen molar-refractivity contribution in [3.8, 4) is 0 Å². The largest absolute Gasteiger partial charge is 0.417 e. The van der Waals surface area contributed by atoms with E-state index in [0.717, 1.165) is 0 Å². The predicted molar refractivity (Wildman–Crippen MR) is 117 cm³/mol. The van der Waals surface area contributed by atoms with E-state index in [9.17, 15) is 18.8 Å². The van der Waals surface area contributed by atoms with Crippen LogP contribution in [0, 0.1) is 5.82 Å². The summed E-state index contributed by atoms with van der Waals surface area (Å²) in [6.07, 6.45) is 0.383. The molecular formula is C21H34FN3O4Si. The number of carbonyl (C=O) groups excluding carboxylic acids is 3. The van der Waals surface area contributed by atoms with Gasteiger partial charge in [0.15, 0.2) is 8.32 Å². The molecule has 9 heteroatoms. The van der Waals surface area contributed by atoms with Crippen molar-refractivity contribution in [1.82, 2.24) is 10.6 Å². The number of rotatable bonds is 10. The van der Waals surface area contributed by atoms with Crippen LogP contribution in [-0.2, 0) is 25.2 Å². The molecular weight excluding hydrogens is 405 g/mol. The molecule has 30 heavy (non-hydrogen) atoms. The Morgan fingerprint density at radius 2 is 1.67 bits per heavy atom. The Balaban J connectivity index is 2.80. The van der Waals surface area contributed by atoms with E-state index in [1.165, 1.54) is 31.2 Å². The highest BCUT2D eigenvalue weighted by Crippen LogP contribution is 2.36. The molecule has 3 amide bonds. The second-order valence-corrected chi connectivity index (χ2v) is 13.8. The first kappa shape index (κ1) is 25.8. The van der Waals surface area contributed by atoms with Crippen molar-refractivity contribution in [3.05, 3.63) is 35.6 Å². The molecule has 0 bridgehead atoms. The lowest BCUT2D eigenvalue weighted by Gasteiger charge is -2.36. The van der Waals surface area contributed by atoms with Crippen LogP contribution in [0.25, 0.3) is 0 Å². The van der Waals surface area contributed by atoms with Gasteiger partial charge in [0.2, 0.25) is 17.7 Å². The maximum absolute atomic E-state index is 13.1. The smallest absolute Gasteiger partial charge is 0.243 e. The summed E-state index contributed by atoms with van der Waals surface area (Å²) in [5, 5.41) is 5.20. The average Bonchev–Trinajstić information content (AvgIpc) is 2.60. The number of nitrogens with two attached hydrogens (primary N) is 1. The van der Waals surface area contributed by atoms with Gasteiger partial charge in [0.05, 0.1) is 0 Å². The minimum atomic E-state index is -2.00. The Hall–Kier alpha value is -2.26. The van der Waals surface area contributed by atoms with Crippen molar-refractivity contribution in [2.45, 2.75) is 70.8 Å². The number of hydrogen-bond donors (Lipinski definition) is 3. The fraction of sp³-hybridized carbons (Fsp3) is 0.571. The summed E-state index contributed by atoms with van der Waals surface area (Å²) in [4.78, 5) is 36.1. The Morgan fingerprint density at radius 1 is 1.10 bits per heavy atom. The molecule has 0 aliphatic carbocycles. The zero-order valence-electron chi connectivity index (χ0n) is 18.7. The first-order valence-corrected chi connectivity index (χ1v) is 12.9. The standard InChI is InChI=1S/C21H34FN3O4Si/c1-14(26)24-18(13-15-7-9-16(22)10-8-15)20(28)25-17(19(23)27)11-12-29-30(5,6)21(2,3)4/h7-10,17-18H,11-13H2,1-6H3,(H2,23,27)(H,24,26)(H,25,28)/t17-,18+/m0/s1. The van der Waals surface area contributed by atoms with Crippen LogP contribution in [0.4, 0.5) is 4.39 Å². The van der Waals surface area contributed by atoms with E-state index in [0.29, 0.717) is 5.56 Å². The van der Waals surface area contributed by atoms with Gasteiger partial charge in [-0.3, -0.25) is 14.4 Å². The fourth-order valence-electron chi connectivity index (χ4n) is 2.52. The lowest BCUT2D eigenvalue weighted by atomic mass is 10.0. The molecule has 0 radical (unpaired) electrons. The van der Waals surface area contributed by atoms with E-state index >= 15 is 0 Å². The van der Waals surface area contributed by atoms with Crippen molar-refractivity contribution in [3.63, 3.8) is 0 Å². The van der Waals surface area contributed by atoms with Crippen LogP contribution >= 0.6 is 0 Å². The molecule has 1 aromatic rings. The summed E-state index contributed by atoms with van der Waals surface area (Å²) < 4.78 is 19.2. The summed E-state index contributed by atoms with van der Waals surface area (Å²) in [5.74, 6) is -2.00. The van der Waals surface area contributed by atoms with Gasteiger partial charge < -0.3 is 20.8 Å². The summed E-state index contributed by atoms with van der Waals surface area (Å²) in [5.41, 5.74) is 6.13. The van der Waals surface area contributed by atoms with Crippen LogP contribution in [-0.4, -0.2) is 44.7 Å².